The summed E-state index contributed by atoms with van der Waals surface area (Å²) in [5.74, 6) is -2.50. The van der Waals surface area contributed by atoms with Gasteiger partial charge in [-0.05, 0) is 55.0 Å². The highest BCUT2D eigenvalue weighted by atomic mass is 32.2. The zero-order chi connectivity index (χ0) is 26.6. The number of rotatable bonds is 4. The summed E-state index contributed by atoms with van der Waals surface area (Å²) >= 11 is 0. The minimum atomic E-state index is -4.13. The van der Waals surface area contributed by atoms with E-state index in [-0.39, 0.29) is 35.9 Å². The first-order chi connectivity index (χ1) is 17.5. The molecule has 2 aliphatic heterocycles. The molecule has 2 saturated heterocycles. The van der Waals surface area contributed by atoms with Crippen molar-refractivity contribution in [3.8, 4) is 0 Å². The second-order valence-corrected chi connectivity index (χ2v) is 11.6. The first-order valence-electron chi connectivity index (χ1n) is 11.3. The maximum atomic E-state index is 15.3. The number of amides is 1. The maximum Gasteiger partial charge on any atom is 0.274 e. The number of halogens is 3. The lowest BCUT2D eigenvalue weighted by Crippen LogP contribution is -2.65. The van der Waals surface area contributed by atoms with Crippen LogP contribution in [0, 0.1) is 17.5 Å². The van der Waals surface area contributed by atoms with Gasteiger partial charge in [-0.15, -0.1) is 0 Å². The van der Waals surface area contributed by atoms with Crippen molar-refractivity contribution < 1.29 is 31.1 Å². The summed E-state index contributed by atoms with van der Waals surface area (Å²) in [5, 5.41) is 4.48. The summed E-state index contributed by atoms with van der Waals surface area (Å²) in [6.45, 7) is 5.05. The van der Waals surface area contributed by atoms with E-state index in [1.165, 1.54) is 37.3 Å². The molecule has 0 aliphatic carbocycles. The number of anilines is 1. The molecule has 37 heavy (non-hydrogen) atoms. The number of hydrogen-bond donors (Lipinski definition) is 2. The zero-order valence-electron chi connectivity index (χ0n) is 19.6. The van der Waals surface area contributed by atoms with Crippen LogP contribution in [-0.2, 0) is 24.9 Å². The molecule has 0 radical (unpaired) electrons. The standard InChI is InChI=1S/C26H22F3N3O4S/c1-15-25(2,16-3-5-17(27)6-4-16)37(34,35)23-13-36-14-26(23,32-15)20-11-19(8-9-21(20)29)31-24(33)22-10-7-18(28)12-30-22/h3-12,23,32H,1,13-14H2,2H3,(H,31,33)/t23-,25+,26-/m1/s1. The molecule has 0 spiro atoms. The van der Waals surface area contributed by atoms with Crippen molar-refractivity contribution in [2.75, 3.05) is 18.5 Å². The highest BCUT2D eigenvalue weighted by Gasteiger charge is 2.64. The number of ether oxygens (including phenoxy) is 1. The van der Waals surface area contributed by atoms with Crippen molar-refractivity contribution in [2.24, 2.45) is 0 Å². The number of carbonyl (C=O) groups is 1. The van der Waals surface area contributed by atoms with Gasteiger partial charge in [-0.2, -0.15) is 0 Å². The Labute approximate surface area is 211 Å². The van der Waals surface area contributed by atoms with E-state index in [0.717, 1.165) is 30.5 Å². The number of pyridine rings is 1. The maximum absolute atomic E-state index is 15.3. The van der Waals surface area contributed by atoms with Crippen LogP contribution in [0.15, 0.2) is 73.1 Å². The van der Waals surface area contributed by atoms with Crippen LogP contribution in [0.4, 0.5) is 18.9 Å². The molecular weight excluding hydrogens is 507 g/mol. The largest absolute Gasteiger partial charge is 0.377 e. The van der Waals surface area contributed by atoms with E-state index in [2.05, 4.69) is 22.2 Å². The van der Waals surface area contributed by atoms with E-state index in [0.29, 0.717) is 5.56 Å². The van der Waals surface area contributed by atoms with Gasteiger partial charge in [-0.25, -0.2) is 26.6 Å². The van der Waals surface area contributed by atoms with Crippen molar-refractivity contribution >= 4 is 21.4 Å². The van der Waals surface area contributed by atoms with Crippen LogP contribution in [0.2, 0.25) is 0 Å². The lowest BCUT2D eigenvalue weighted by molar-refractivity contribution is 0.102. The molecule has 3 heterocycles. The number of fused-ring (bicyclic) bond motifs is 1. The van der Waals surface area contributed by atoms with Crippen LogP contribution in [0.5, 0.6) is 0 Å². The van der Waals surface area contributed by atoms with E-state index in [1.54, 1.807) is 0 Å². The molecule has 3 atom stereocenters. The van der Waals surface area contributed by atoms with Gasteiger partial charge in [0.2, 0.25) is 0 Å². The Hall–Kier alpha value is -3.70. The SMILES string of the molecule is C=C1N[C@@]2(c3cc(NC(=O)c4ccc(F)cn4)ccc3F)COC[C@H]2S(=O)(=O)[C@]1(C)c1ccc(F)cc1. The highest BCUT2D eigenvalue weighted by molar-refractivity contribution is 7.93. The Balaban J connectivity index is 1.55. The third-order valence-corrected chi connectivity index (χ3v) is 10.0. The molecule has 0 unspecified atom stereocenters. The lowest BCUT2D eigenvalue weighted by Gasteiger charge is -2.48. The zero-order valence-corrected chi connectivity index (χ0v) is 20.4. The van der Waals surface area contributed by atoms with E-state index in [1.807, 2.05) is 0 Å². The summed E-state index contributed by atoms with van der Waals surface area (Å²) in [6, 6.07) is 11.1. The summed E-state index contributed by atoms with van der Waals surface area (Å²) in [6.07, 6.45) is 0.894. The van der Waals surface area contributed by atoms with E-state index in [4.69, 9.17) is 4.74 Å². The van der Waals surface area contributed by atoms with Crippen molar-refractivity contribution in [2.45, 2.75) is 22.5 Å². The smallest absolute Gasteiger partial charge is 0.274 e. The molecule has 192 valence electrons. The molecule has 7 nitrogen and oxygen atoms in total. The Morgan fingerprint density at radius 3 is 2.49 bits per heavy atom. The van der Waals surface area contributed by atoms with Gasteiger partial charge in [-0.3, -0.25) is 4.79 Å². The molecule has 0 saturated carbocycles. The number of nitrogens with one attached hydrogen (secondary N) is 2. The fourth-order valence-corrected chi connectivity index (χ4v) is 7.44. The van der Waals surface area contributed by atoms with E-state index >= 15 is 4.39 Å². The first kappa shape index (κ1) is 25.0. The van der Waals surface area contributed by atoms with Gasteiger partial charge in [0, 0.05) is 16.9 Å². The second-order valence-electron chi connectivity index (χ2n) is 9.17. The van der Waals surface area contributed by atoms with Gasteiger partial charge in [0.1, 0.15) is 38.7 Å². The number of benzene rings is 2. The van der Waals surface area contributed by atoms with Crippen molar-refractivity contribution in [1.29, 1.82) is 0 Å². The van der Waals surface area contributed by atoms with E-state index in [9.17, 15) is 22.0 Å². The molecule has 11 heteroatoms. The van der Waals surface area contributed by atoms with Crippen LogP contribution in [0.25, 0.3) is 0 Å². The molecular formula is C26H22F3N3O4S. The third-order valence-electron chi connectivity index (χ3n) is 7.10. The molecule has 0 bridgehead atoms. The Bertz CT molecular complexity index is 1510. The fraction of sp³-hybridized carbons (Fsp3) is 0.231. The van der Waals surface area contributed by atoms with Gasteiger partial charge in [-0.1, -0.05) is 18.7 Å². The molecule has 1 amide bonds. The summed E-state index contributed by atoms with van der Waals surface area (Å²) < 4.78 is 74.1. The molecule has 2 aliphatic rings. The first-order valence-corrected chi connectivity index (χ1v) is 12.8. The number of hydrogen-bond acceptors (Lipinski definition) is 6. The van der Waals surface area contributed by atoms with Crippen LogP contribution in [-0.4, -0.2) is 37.8 Å². The van der Waals surface area contributed by atoms with Crippen molar-refractivity contribution in [3.05, 3.63) is 107 Å². The molecule has 2 aromatic carbocycles. The Kier molecular flexibility index (Phi) is 5.87. The van der Waals surface area contributed by atoms with Gasteiger partial charge in [0.05, 0.1) is 19.4 Å². The average molecular weight is 530 g/mol. The Morgan fingerprint density at radius 2 is 1.81 bits per heavy atom. The quantitative estimate of drug-likeness (QED) is 0.534. The predicted molar refractivity (Wildman–Crippen MR) is 130 cm³/mol. The van der Waals surface area contributed by atoms with Crippen LogP contribution < -0.4 is 10.6 Å². The minimum Gasteiger partial charge on any atom is -0.377 e. The Morgan fingerprint density at radius 1 is 1.11 bits per heavy atom. The number of nitrogens with zero attached hydrogens (tertiary/aromatic N) is 1. The summed E-state index contributed by atoms with van der Waals surface area (Å²) in [5.41, 5.74) is -1.08. The minimum absolute atomic E-state index is 0.0363. The highest BCUT2D eigenvalue weighted by Crippen LogP contribution is 2.51. The summed E-state index contributed by atoms with van der Waals surface area (Å²) in [7, 11) is -4.13. The van der Waals surface area contributed by atoms with Gasteiger partial charge < -0.3 is 15.4 Å². The van der Waals surface area contributed by atoms with Crippen LogP contribution >= 0.6 is 0 Å². The van der Waals surface area contributed by atoms with Gasteiger partial charge in [0.15, 0.2) is 9.84 Å². The molecule has 1 aromatic heterocycles. The lowest BCUT2D eigenvalue weighted by atomic mass is 9.85. The second kappa shape index (κ2) is 8.70. The number of aromatic nitrogens is 1. The normalized spacial score (nSPS) is 26.3. The average Bonchev–Trinajstić information content (AvgIpc) is 3.30. The topological polar surface area (TPSA) is 97.4 Å². The van der Waals surface area contributed by atoms with E-state index < -0.39 is 48.7 Å². The van der Waals surface area contributed by atoms with Crippen molar-refractivity contribution in [3.63, 3.8) is 0 Å². The molecule has 5 rings (SSSR count). The van der Waals surface area contributed by atoms with Crippen LogP contribution in [0.3, 0.4) is 0 Å². The molecule has 2 N–H and O–H groups in total. The monoisotopic (exact) mass is 529 g/mol. The number of sulfone groups is 1. The molecule has 2 fully saturated rings. The van der Waals surface area contributed by atoms with Gasteiger partial charge >= 0.3 is 0 Å². The van der Waals surface area contributed by atoms with Crippen molar-refractivity contribution in [1.82, 2.24) is 10.3 Å². The molecule has 3 aromatic rings. The van der Waals surface area contributed by atoms with Crippen LogP contribution in [0.1, 0.15) is 28.5 Å². The fourth-order valence-electron chi connectivity index (χ4n) is 4.95. The number of carbonyl (C=O) groups excluding carboxylic acids is 1. The predicted octanol–water partition coefficient (Wildman–Crippen LogP) is 3.79. The summed E-state index contributed by atoms with van der Waals surface area (Å²) in [4.78, 5) is 16.3. The van der Waals surface area contributed by atoms with Gasteiger partial charge in [0.25, 0.3) is 5.91 Å². The third kappa shape index (κ3) is 3.80.